The van der Waals surface area contributed by atoms with Crippen molar-refractivity contribution in [1.29, 1.82) is 0 Å². The van der Waals surface area contributed by atoms with Gasteiger partial charge in [0.05, 0.1) is 10.6 Å². The summed E-state index contributed by atoms with van der Waals surface area (Å²) in [5.74, 6) is -2.40. The van der Waals surface area contributed by atoms with Crippen LogP contribution in [0.5, 0.6) is 0 Å². The Morgan fingerprint density at radius 3 is 2.73 bits per heavy atom. The standard InChI is InChI=1S/C10H8ClF2NO/c1-2-3-14-10(15)6-4-9(13)7(11)5-8(6)12/h2,4-5H,1,3H2,(H,14,15). The largest absolute Gasteiger partial charge is 0.348 e. The first-order valence-corrected chi connectivity index (χ1v) is 4.47. The monoisotopic (exact) mass is 231 g/mol. The second-order valence-electron chi connectivity index (χ2n) is 2.74. The number of halogens is 3. The summed E-state index contributed by atoms with van der Waals surface area (Å²) in [6, 6.07) is 1.52. The Morgan fingerprint density at radius 2 is 2.13 bits per heavy atom. The van der Waals surface area contributed by atoms with Crippen LogP contribution >= 0.6 is 11.6 Å². The van der Waals surface area contributed by atoms with Crippen molar-refractivity contribution in [1.82, 2.24) is 5.32 Å². The van der Waals surface area contributed by atoms with Crippen LogP contribution in [0.25, 0.3) is 0 Å². The number of benzene rings is 1. The van der Waals surface area contributed by atoms with Crippen LogP contribution in [0.2, 0.25) is 5.02 Å². The number of hydrogen-bond acceptors (Lipinski definition) is 1. The van der Waals surface area contributed by atoms with E-state index in [1.807, 2.05) is 0 Å². The summed E-state index contributed by atoms with van der Waals surface area (Å²) in [6.07, 6.45) is 1.43. The molecule has 0 unspecified atom stereocenters. The third kappa shape index (κ3) is 2.76. The molecule has 0 aliphatic rings. The van der Waals surface area contributed by atoms with E-state index in [-0.39, 0.29) is 17.1 Å². The number of carbonyl (C=O) groups excluding carboxylic acids is 1. The molecule has 1 aromatic rings. The Hall–Kier alpha value is -1.42. The van der Waals surface area contributed by atoms with E-state index < -0.39 is 17.5 Å². The van der Waals surface area contributed by atoms with Crippen molar-refractivity contribution in [3.63, 3.8) is 0 Å². The molecular weight excluding hydrogens is 224 g/mol. The van der Waals surface area contributed by atoms with Gasteiger partial charge < -0.3 is 5.32 Å². The van der Waals surface area contributed by atoms with E-state index in [4.69, 9.17) is 11.6 Å². The van der Waals surface area contributed by atoms with Gasteiger partial charge in [0.2, 0.25) is 0 Å². The highest BCUT2D eigenvalue weighted by Gasteiger charge is 2.14. The molecular formula is C10H8ClF2NO. The summed E-state index contributed by atoms with van der Waals surface area (Å²) in [5, 5.41) is 1.98. The number of rotatable bonds is 3. The van der Waals surface area contributed by atoms with E-state index in [0.29, 0.717) is 0 Å². The molecule has 0 saturated carbocycles. The highest BCUT2D eigenvalue weighted by atomic mass is 35.5. The number of carbonyl (C=O) groups is 1. The van der Waals surface area contributed by atoms with Crippen molar-refractivity contribution in [2.24, 2.45) is 0 Å². The third-order valence-electron chi connectivity index (χ3n) is 1.66. The molecule has 80 valence electrons. The van der Waals surface area contributed by atoms with Crippen molar-refractivity contribution in [3.05, 3.63) is 47.0 Å². The first kappa shape index (κ1) is 11.7. The lowest BCUT2D eigenvalue weighted by Crippen LogP contribution is -2.24. The first-order valence-electron chi connectivity index (χ1n) is 4.10. The lowest BCUT2D eigenvalue weighted by Gasteiger charge is -2.04. The van der Waals surface area contributed by atoms with Crippen LogP contribution in [-0.2, 0) is 0 Å². The number of hydrogen-bond donors (Lipinski definition) is 1. The molecule has 15 heavy (non-hydrogen) atoms. The maximum Gasteiger partial charge on any atom is 0.254 e. The normalized spacial score (nSPS) is 9.80. The van der Waals surface area contributed by atoms with Gasteiger partial charge in [0, 0.05) is 6.54 Å². The molecule has 1 rings (SSSR count). The molecule has 5 heteroatoms. The summed E-state index contributed by atoms with van der Waals surface area (Å²) < 4.78 is 26.1. The third-order valence-corrected chi connectivity index (χ3v) is 1.95. The second kappa shape index (κ2) is 4.89. The smallest absolute Gasteiger partial charge is 0.254 e. The van der Waals surface area contributed by atoms with Gasteiger partial charge in [-0.25, -0.2) is 8.78 Å². The molecule has 0 spiro atoms. The van der Waals surface area contributed by atoms with Crippen LogP contribution in [0.3, 0.4) is 0 Å². The van der Waals surface area contributed by atoms with Crippen LogP contribution in [0, 0.1) is 11.6 Å². The van der Waals surface area contributed by atoms with Gasteiger partial charge in [0.1, 0.15) is 11.6 Å². The Labute approximate surface area is 90.5 Å². The highest BCUT2D eigenvalue weighted by Crippen LogP contribution is 2.19. The fraction of sp³-hybridized carbons (Fsp3) is 0.100. The predicted molar refractivity (Wildman–Crippen MR) is 53.9 cm³/mol. The van der Waals surface area contributed by atoms with Crippen LogP contribution < -0.4 is 5.32 Å². The van der Waals surface area contributed by atoms with Crippen LogP contribution in [0.15, 0.2) is 24.8 Å². The lowest BCUT2D eigenvalue weighted by molar-refractivity contribution is 0.0953. The van der Waals surface area contributed by atoms with Gasteiger partial charge in [-0.3, -0.25) is 4.79 Å². The average Bonchev–Trinajstić information content (AvgIpc) is 2.20. The van der Waals surface area contributed by atoms with E-state index in [2.05, 4.69) is 11.9 Å². The van der Waals surface area contributed by atoms with Crippen molar-refractivity contribution in [2.45, 2.75) is 0 Å². The maximum atomic E-state index is 13.2. The molecule has 2 nitrogen and oxygen atoms in total. The summed E-state index contributed by atoms with van der Waals surface area (Å²) in [5.41, 5.74) is -0.376. The summed E-state index contributed by atoms with van der Waals surface area (Å²) in [6.45, 7) is 3.56. The van der Waals surface area contributed by atoms with Gasteiger partial charge >= 0.3 is 0 Å². The highest BCUT2D eigenvalue weighted by molar-refractivity contribution is 6.30. The fourth-order valence-corrected chi connectivity index (χ4v) is 1.11. The molecule has 1 aromatic carbocycles. The van der Waals surface area contributed by atoms with E-state index in [1.54, 1.807) is 0 Å². The Kier molecular flexibility index (Phi) is 3.80. The van der Waals surface area contributed by atoms with Crippen LogP contribution in [0.1, 0.15) is 10.4 Å². The fourth-order valence-electron chi connectivity index (χ4n) is 0.957. The van der Waals surface area contributed by atoms with E-state index in [9.17, 15) is 13.6 Å². The van der Waals surface area contributed by atoms with Gasteiger partial charge in [0.15, 0.2) is 0 Å². The zero-order valence-electron chi connectivity index (χ0n) is 7.69. The van der Waals surface area contributed by atoms with E-state index in [1.165, 1.54) is 6.08 Å². The topological polar surface area (TPSA) is 29.1 Å². The van der Waals surface area contributed by atoms with Crippen LogP contribution in [0.4, 0.5) is 8.78 Å². The molecule has 1 N–H and O–H groups in total. The van der Waals surface area contributed by atoms with Crippen molar-refractivity contribution >= 4 is 17.5 Å². The minimum absolute atomic E-state index is 0.183. The lowest BCUT2D eigenvalue weighted by atomic mass is 10.2. The molecule has 0 aliphatic carbocycles. The molecule has 0 atom stereocenters. The summed E-state index contributed by atoms with van der Waals surface area (Å²) >= 11 is 5.33. The van der Waals surface area contributed by atoms with Gasteiger partial charge in [0.25, 0.3) is 5.91 Å². The quantitative estimate of drug-likeness (QED) is 0.629. The molecule has 1 amide bonds. The average molecular weight is 232 g/mol. The molecule has 0 fully saturated rings. The Morgan fingerprint density at radius 1 is 1.47 bits per heavy atom. The van der Waals surface area contributed by atoms with Crippen molar-refractivity contribution in [3.8, 4) is 0 Å². The Bertz CT molecular complexity index is 407. The minimum atomic E-state index is -0.858. The maximum absolute atomic E-state index is 13.2. The van der Waals surface area contributed by atoms with Gasteiger partial charge in [-0.1, -0.05) is 17.7 Å². The molecule has 0 radical (unpaired) electrons. The van der Waals surface area contributed by atoms with Crippen LogP contribution in [-0.4, -0.2) is 12.5 Å². The van der Waals surface area contributed by atoms with Crippen molar-refractivity contribution in [2.75, 3.05) is 6.54 Å². The van der Waals surface area contributed by atoms with Gasteiger partial charge in [-0.15, -0.1) is 6.58 Å². The molecule has 0 aromatic heterocycles. The molecule has 0 saturated heterocycles. The van der Waals surface area contributed by atoms with E-state index in [0.717, 1.165) is 12.1 Å². The molecule has 0 heterocycles. The minimum Gasteiger partial charge on any atom is -0.348 e. The van der Waals surface area contributed by atoms with Crippen molar-refractivity contribution < 1.29 is 13.6 Å². The van der Waals surface area contributed by atoms with E-state index >= 15 is 0 Å². The number of amides is 1. The zero-order valence-corrected chi connectivity index (χ0v) is 8.44. The summed E-state index contributed by atoms with van der Waals surface area (Å²) in [4.78, 5) is 11.3. The van der Waals surface area contributed by atoms with Gasteiger partial charge in [-0.2, -0.15) is 0 Å². The molecule has 0 bridgehead atoms. The predicted octanol–water partition coefficient (Wildman–Crippen LogP) is 2.53. The zero-order chi connectivity index (χ0) is 11.4. The SMILES string of the molecule is C=CCNC(=O)c1cc(F)c(Cl)cc1F. The molecule has 0 aliphatic heterocycles. The first-order chi connectivity index (χ1) is 7.06. The Balaban J connectivity index is 2.98. The summed E-state index contributed by atoms with van der Waals surface area (Å²) in [7, 11) is 0. The van der Waals surface area contributed by atoms with Gasteiger partial charge in [-0.05, 0) is 12.1 Å². The number of nitrogens with one attached hydrogen (secondary N) is 1. The second-order valence-corrected chi connectivity index (χ2v) is 3.15.